The molecule has 5 nitrogen and oxygen atoms in total. The molecule has 3 heterocycles. The van der Waals surface area contributed by atoms with Crippen molar-refractivity contribution in [2.45, 2.75) is 78.0 Å². The second-order valence-electron chi connectivity index (χ2n) is 10.1. The van der Waals surface area contributed by atoms with Gasteiger partial charge in [-0.25, -0.2) is 0 Å². The number of fused-ring (bicyclic) bond motifs is 1. The van der Waals surface area contributed by atoms with E-state index in [9.17, 15) is 0 Å². The molecule has 5 heteroatoms. The smallest absolute Gasteiger partial charge is 0.199 e. The van der Waals surface area contributed by atoms with Gasteiger partial charge >= 0.3 is 0 Å². The summed E-state index contributed by atoms with van der Waals surface area (Å²) in [6.45, 7) is 7.61. The van der Waals surface area contributed by atoms with Gasteiger partial charge in [0.1, 0.15) is 23.4 Å². The predicted molar refractivity (Wildman–Crippen MR) is 155 cm³/mol. The summed E-state index contributed by atoms with van der Waals surface area (Å²) >= 11 is 0. The highest BCUT2D eigenvalue weighted by atomic mass is 16.7. The van der Waals surface area contributed by atoms with Crippen molar-refractivity contribution in [1.82, 2.24) is 0 Å². The lowest BCUT2D eigenvalue weighted by Gasteiger charge is -2.29. The van der Waals surface area contributed by atoms with Crippen LogP contribution in [0, 0.1) is 6.92 Å². The SMILES string of the molecule is CC.Cc1ccc(C2Oc3ccc(OC4CCCCO4)cc3C=C2c2cccc(OC3CCCCO3)c2)cc1. The summed E-state index contributed by atoms with van der Waals surface area (Å²) in [6.07, 6.45) is 7.91. The molecule has 6 rings (SSSR count). The molecule has 3 unspecified atom stereocenters. The fourth-order valence-corrected chi connectivity index (χ4v) is 5.14. The van der Waals surface area contributed by atoms with Gasteiger partial charge in [0.05, 0.1) is 13.2 Å². The van der Waals surface area contributed by atoms with Gasteiger partial charge in [0, 0.05) is 24.0 Å². The first-order chi connectivity index (χ1) is 19.2. The van der Waals surface area contributed by atoms with E-state index in [1.165, 1.54) is 5.56 Å². The molecule has 0 radical (unpaired) electrons. The van der Waals surface area contributed by atoms with Crippen molar-refractivity contribution in [1.29, 1.82) is 0 Å². The molecule has 3 aromatic rings. The summed E-state index contributed by atoms with van der Waals surface area (Å²) in [7, 11) is 0. The highest BCUT2D eigenvalue weighted by Gasteiger charge is 2.27. The number of rotatable bonds is 6. The van der Waals surface area contributed by atoms with Gasteiger partial charge in [-0.3, -0.25) is 0 Å². The van der Waals surface area contributed by atoms with E-state index >= 15 is 0 Å². The van der Waals surface area contributed by atoms with Crippen LogP contribution in [-0.2, 0) is 9.47 Å². The molecule has 3 aliphatic rings. The quantitative estimate of drug-likeness (QED) is 0.321. The van der Waals surface area contributed by atoms with Gasteiger partial charge in [-0.15, -0.1) is 0 Å². The highest BCUT2D eigenvalue weighted by molar-refractivity contribution is 5.88. The summed E-state index contributed by atoms with van der Waals surface area (Å²) < 4.78 is 30.6. The Morgan fingerprint density at radius 1 is 0.718 bits per heavy atom. The fourth-order valence-electron chi connectivity index (χ4n) is 5.14. The van der Waals surface area contributed by atoms with Crippen molar-refractivity contribution in [3.05, 3.63) is 89.0 Å². The normalized spacial score (nSPS) is 22.3. The minimum atomic E-state index is -0.234. The summed E-state index contributed by atoms with van der Waals surface area (Å²) in [4.78, 5) is 0. The summed E-state index contributed by atoms with van der Waals surface area (Å²) in [5.41, 5.74) is 5.47. The summed E-state index contributed by atoms with van der Waals surface area (Å²) in [6, 6.07) is 22.8. The molecule has 206 valence electrons. The van der Waals surface area contributed by atoms with E-state index in [1.54, 1.807) is 0 Å². The molecule has 0 N–H and O–H groups in total. The summed E-state index contributed by atoms with van der Waals surface area (Å²) in [5, 5.41) is 0. The standard InChI is InChI=1S/C32H34O5.C2H6/c1-22-11-13-23(14-12-22)32-28(24-7-6-8-26(19-24)35-30-9-2-4-17-33-30)21-25-20-27(15-16-29(25)37-32)36-31-10-3-5-18-34-31;1-2/h6-8,11-16,19-21,30-32H,2-5,9-10,17-18H2,1H3;1-2H3. The average Bonchev–Trinajstić information content (AvgIpc) is 2.99. The van der Waals surface area contributed by atoms with Gasteiger partial charge in [-0.1, -0.05) is 55.8 Å². The Kier molecular flexibility index (Phi) is 9.23. The van der Waals surface area contributed by atoms with Crippen LogP contribution in [0.15, 0.2) is 66.7 Å². The van der Waals surface area contributed by atoms with E-state index < -0.39 is 0 Å². The Bertz CT molecular complexity index is 1240. The van der Waals surface area contributed by atoms with Crippen LogP contribution in [0.2, 0.25) is 0 Å². The lowest BCUT2D eigenvalue weighted by molar-refractivity contribution is -0.106. The molecule has 0 amide bonds. The molecule has 3 aliphatic heterocycles. The van der Waals surface area contributed by atoms with Crippen LogP contribution in [0.3, 0.4) is 0 Å². The molecule has 0 bridgehead atoms. The van der Waals surface area contributed by atoms with Gasteiger partial charge in [0.25, 0.3) is 0 Å². The first-order valence-corrected chi connectivity index (χ1v) is 14.5. The molecular weight excluding hydrogens is 488 g/mol. The maximum absolute atomic E-state index is 6.64. The number of benzene rings is 3. The number of ether oxygens (including phenoxy) is 5. The third kappa shape index (κ3) is 6.84. The minimum Gasteiger partial charge on any atom is -0.480 e. The molecule has 0 aromatic heterocycles. The van der Waals surface area contributed by atoms with Crippen LogP contribution in [-0.4, -0.2) is 25.8 Å². The third-order valence-electron chi connectivity index (χ3n) is 7.18. The third-order valence-corrected chi connectivity index (χ3v) is 7.18. The Hall–Kier alpha value is -3.28. The Balaban J connectivity index is 0.00000151. The average molecular weight is 529 g/mol. The van der Waals surface area contributed by atoms with Gasteiger partial charge in [0.15, 0.2) is 12.6 Å². The second-order valence-corrected chi connectivity index (χ2v) is 10.1. The molecule has 0 saturated carbocycles. The number of hydrogen-bond acceptors (Lipinski definition) is 5. The van der Waals surface area contributed by atoms with E-state index in [1.807, 2.05) is 38.1 Å². The lowest BCUT2D eigenvalue weighted by Crippen LogP contribution is -2.25. The number of hydrogen-bond donors (Lipinski definition) is 0. The zero-order valence-corrected chi connectivity index (χ0v) is 23.4. The van der Waals surface area contributed by atoms with Crippen molar-refractivity contribution >= 4 is 11.6 Å². The van der Waals surface area contributed by atoms with Crippen molar-refractivity contribution in [2.24, 2.45) is 0 Å². The maximum Gasteiger partial charge on any atom is 0.199 e. The topological polar surface area (TPSA) is 46.2 Å². The Morgan fingerprint density at radius 2 is 1.38 bits per heavy atom. The monoisotopic (exact) mass is 528 g/mol. The van der Waals surface area contributed by atoms with E-state index in [-0.39, 0.29) is 18.7 Å². The Labute approximate surface area is 232 Å². The first kappa shape index (κ1) is 27.3. The molecule has 0 spiro atoms. The van der Waals surface area contributed by atoms with Crippen molar-refractivity contribution in [3.63, 3.8) is 0 Å². The molecule has 2 fully saturated rings. The lowest BCUT2D eigenvalue weighted by atomic mass is 9.90. The van der Waals surface area contributed by atoms with Crippen molar-refractivity contribution < 1.29 is 23.7 Å². The number of aryl methyl sites for hydroxylation is 1. The Morgan fingerprint density at radius 3 is 2.03 bits per heavy atom. The summed E-state index contributed by atoms with van der Waals surface area (Å²) in [5.74, 6) is 2.45. The van der Waals surface area contributed by atoms with Crippen LogP contribution >= 0.6 is 0 Å². The minimum absolute atomic E-state index is 0.184. The zero-order valence-electron chi connectivity index (χ0n) is 23.4. The van der Waals surface area contributed by atoms with E-state index in [0.717, 1.165) is 91.3 Å². The zero-order chi connectivity index (χ0) is 27.0. The van der Waals surface area contributed by atoms with Gasteiger partial charge in [0.2, 0.25) is 0 Å². The van der Waals surface area contributed by atoms with Gasteiger partial charge in [-0.05, 0) is 80.1 Å². The largest absolute Gasteiger partial charge is 0.480 e. The molecule has 2 saturated heterocycles. The molecule has 0 aliphatic carbocycles. The molecular formula is C34H40O5. The van der Waals surface area contributed by atoms with Gasteiger partial charge in [-0.2, -0.15) is 0 Å². The van der Waals surface area contributed by atoms with E-state index in [2.05, 4.69) is 55.5 Å². The highest BCUT2D eigenvalue weighted by Crippen LogP contribution is 2.44. The molecule has 39 heavy (non-hydrogen) atoms. The van der Waals surface area contributed by atoms with Gasteiger partial charge < -0.3 is 23.7 Å². The van der Waals surface area contributed by atoms with Crippen LogP contribution in [0.4, 0.5) is 0 Å². The van der Waals surface area contributed by atoms with E-state index in [4.69, 9.17) is 23.7 Å². The van der Waals surface area contributed by atoms with Crippen LogP contribution < -0.4 is 14.2 Å². The molecule has 3 aromatic carbocycles. The van der Waals surface area contributed by atoms with Crippen molar-refractivity contribution in [2.75, 3.05) is 13.2 Å². The first-order valence-electron chi connectivity index (χ1n) is 14.5. The fraction of sp³-hybridized carbons (Fsp3) is 0.412. The van der Waals surface area contributed by atoms with E-state index in [0.29, 0.717) is 0 Å². The van der Waals surface area contributed by atoms with Crippen LogP contribution in [0.25, 0.3) is 11.6 Å². The van der Waals surface area contributed by atoms with Crippen LogP contribution in [0.5, 0.6) is 17.2 Å². The maximum atomic E-state index is 6.64. The van der Waals surface area contributed by atoms with Crippen LogP contribution in [0.1, 0.15) is 80.7 Å². The molecule has 3 atom stereocenters. The predicted octanol–water partition coefficient (Wildman–Crippen LogP) is 8.51. The second kappa shape index (κ2) is 13.2. The van der Waals surface area contributed by atoms with Crippen molar-refractivity contribution in [3.8, 4) is 17.2 Å².